The minimum Gasteiger partial charge on any atom is -0.379 e. The van der Waals surface area contributed by atoms with E-state index in [1.807, 2.05) is 38.1 Å². The first-order valence-electron chi connectivity index (χ1n) is 6.86. The Morgan fingerprint density at radius 3 is 2.74 bits per heavy atom. The number of halogens is 1. The molecule has 0 saturated carbocycles. The summed E-state index contributed by atoms with van der Waals surface area (Å²) in [5.41, 5.74) is 1.09. The second kappa shape index (κ2) is 9.32. The summed E-state index contributed by atoms with van der Waals surface area (Å²) in [5.74, 6) is 0. The molecule has 0 amide bonds. The first-order chi connectivity index (χ1) is 9.17. The zero-order chi connectivity index (χ0) is 14.1. The van der Waals surface area contributed by atoms with Crippen molar-refractivity contribution in [2.24, 2.45) is 0 Å². The van der Waals surface area contributed by atoms with Gasteiger partial charge in [-0.05, 0) is 38.1 Å². The van der Waals surface area contributed by atoms with E-state index < -0.39 is 0 Å². The summed E-state index contributed by atoms with van der Waals surface area (Å²) in [6.45, 7) is 9.10. The molecule has 0 aliphatic carbocycles. The Labute approximate surface area is 121 Å². The molecule has 1 rings (SSSR count). The SMILES string of the molecule is CCNCC(OC(C)COCC)c1cccc(Cl)c1. The first-order valence-corrected chi connectivity index (χ1v) is 7.24. The van der Waals surface area contributed by atoms with Crippen LogP contribution in [0, 0.1) is 0 Å². The van der Waals surface area contributed by atoms with Gasteiger partial charge in [0.1, 0.15) is 0 Å². The maximum Gasteiger partial charge on any atom is 0.0954 e. The number of likely N-dealkylation sites (N-methyl/N-ethyl adjacent to an activating group) is 1. The van der Waals surface area contributed by atoms with Gasteiger partial charge in [-0.1, -0.05) is 30.7 Å². The summed E-state index contributed by atoms with van der Waals surface area (Å²) < 4.78 is 11.4. The molecule has 4 heteroatoms. The molecule has 1 aromatic rings. The van der Waals surface area contributed by atoms with Crippen molar-refractivity contribution in [3.63, 3.8) is 0 Å². The van der Waals surface area contributed by atoms with Gasteiger partial charge in [0, 0.05) is 18.2 Å². The van der Waals surface area contributed by atoms with Gasteiger partial charge in [-0.15, -0.1) is 0 Å². The minimum absolute atomic E-state index is 0.00546. The monoisotopic (exact) mass is 285 g/mol. The molecule has 2 unspecified atom stereocenters. The molecule has 0 aliphatic rings. The van der Waals surface area contributed by atoms with E-state index in [1.165, 1.54) is 0 Å². The number of ether oxygens (including phenoxy) is 2. The molecular formula is C15H24ClNO2. The van der Waals surface area contributed by atoms with Gasteiger partial charge in [0.25, 0.3) is 0 Å². The summed E-state index contributed by atoms with van der Waals surface area (Å²) in [6.07, 6.45) is 0.0525. The summed E-state index contributed by atoms with van der Waals surface area (Å²) in [5, 5.41) is 4.06. The van der Waals surface area contributed by atoms with Gasteiger partial charge in [0.15, 0.2) is 0 Å². The van der Waals surface area contributed by atoms with E-state index >= 15 is 0 Å². The van der Waals surface area contributed by atoms with Gasteiger partial charge < -0.3 is 14.8 Å². The van der Waals surface area contributed by atoms with Crippen LogP contribution in [0.25, 0.3) is 0 Å². The van der Waals surface area contributed by atoms with Crippen LogP contribution in [0.5, 0.6) is 0 Å². The van der Waals surface area contributed by atoms with Crippen LogP contribution in [0.4, 0.5) is 0 Å². The van der Waals surface area contributed by atoms with E-state index in [0.717, 1.165) is 23.7 Å². The van der Waals surface area contributed by atoms with Gasteiger partial charge in [-0.25, -0.2) is 0 Å². The third kappa shape index (κ3) is 6.39. The average Bonchev–Trinajstić information content (AvgIpc) is 2.41. The molecule has 0 spiro atoms. The topological polar surface area (TPSA) is 30.5 Å². The maximum absolute atomic E-state index is 6.05. The van der Waals surface area contributed by atoms with E-state index in [1.54, 1.807) is 0 Å². The lowest BCUT2D eigenvalue weighted by atomic mass is 10.1. The van der Waals surface area contributed by atoms with Crippen LogP contribution in [0.3, 0.4) is 0 Å². The highest BCUT2D eigenvalue weighted by atomic mass is 35.5. The Bertz CT molecular complexity index is 360. The van der Waals surface area contributed by atoms with Crippen LogP contribution in [-0.4, -0.2) is 32.4 Å². The van der Waals surface area contributed by atoms with Gasteiger partial charge in [0.2, 0.25) is 0 Å². The van der Waals surface area contributed by atoms with Crippen molar-refractivity contribution in [2.45, 2.75) is 33.0 Å². The number of nitrogens with one attached hydrogen (secondary N) is 1. The highest BCUT2D eigenvalue weighted by Crippen LogP contribution is 2.22. The first kappa shape index (κ1) is 16.4. The van der Waals surface area contributed by atoms with E-state index in [-0.39, 0.29) is 12.2 Å². The highest BCUT2D eigenvalue weighted by Gasteiger charge is 2.15. The van der Waals surface area contributed by atoms with Crippen molar-refractivity contribution in [3.05, 3.63) is 34.9 Å². The Hall–Kier alpha value is -0.610. The molecule has 0 aliphatic heterocycles. The van der Waals surface area contributed by atoms with Crippen molar-refractivity contribution in [2.75, 3.05) is 26.3 Å². The quantitative estimate of drug-likeness (QED) is 0.754. The third-order valence-electron chi connectivity index (χ3n) is 2.75. The van der Waals surface area contributed by atoms with Crippen LogP contribution < -0.4 is 5.32 Å². The molecule has 0 saturated heterocycles. The van der Waals surface area contributed by atoms with Gasteiger partial charge in [-0.2, -0.15) is 0 Å². The molecule has 1 aromatic carbocycles. The fourth-order valence-electron chi connectivity index (χ4n) is 1.83. The molecule has 0 aromatic heterocycles. The smallest absolute Gasteiger partial charge is 0.0954 e. The molecule has 0 bridgehead atoms. The molecule has 2 atom stereocenters. The number of hydrogen-bond donors (Lipinski definition) is 1. The second-order valence-corrected chi connectivity index (χ2v) is 4.89. The van der Waals surface area contributed by atoms with Gasteiger partial charge >= 0.3 is 0 Å². The van der Waals surface area contributed by atoms with Crippen LogP contribution in [-0.2, 0) is 9.47 Å². The Morgan fingerprint density at radius 1 is 1.32 bits per heavy atom. The Balaban J connectivity index is 2.65. The zero-order valence-corrected chi connectivity index (χ0v) is 12.7. The number of rotatable bonds is 9. The lowest BCUT2D eigenvalue weighted by Crippen LogP contribution is -2.27. The van der Waals surface area contributed by atoms with Crippen molar-refractivity contribution >= 4 is 11.6 Å². The molecule has 0 heterocycles. The molecular weight excluding hydrogens is 262 g/mol. The van der Waals surface area contributed by atoms with Gasteiger partial charge in [-0.3, -0.25) is 0 Å². The van der Waals surface area contributed by atoms with Crippen LogP contribution in [0.1, 0.15) is 32.4 Å². The molecule has 19 heavy (non-hydrogen) atoms. The van der Waals surface area contributed by atoms with Crippen LogP contribution >= 0.6 is 11.6 Å². The van der Waals surface area contributed by atoms with Crippen molar-refractivity contribution in [1.82, 2.24) is 5.32 Å². The fourth-order valence-corrected chi connectivity index (χ4v) is 2.03. The standard InChI is InChI=1S/C15H24ClNO2/c1-4-17-10-15(19-12(3)11-18-5-2)13-7-6-8-14(16)9-13/h6-9,12,15,17H,4-5,10-11H2,1-3H3. The van der Waals surface area contributed by atoms with E-state index in [9.17, 15) is 0 Å². The molecule has 108 valence electrons. The highest BCUT2D eigenvalue weighted by molar-refractivity contribution is 6.30. The van der Waals surface area contributed by atoms with Crippen molar-refractivity contribution in [3.8, 4) is 0 Å². The van der Waals surface area contributed by atoms with Crippen LogP contribution in [0.2, 0.25) is 5.02 Å². The summed E-state index contributed by atoms with van der Waals surface area (Å²) in [7, 11) is 0. The summed E-state index contributed by atoms with van der Waals surface area (Å²) in [4.78, 5) is 0. The van der Waals surface area contributed by atoms with Crippen molar-refractivity contribution in [1.29, 1.82) is 0 Å². The molecule has 0 fully saturated rings. The summed E-state index contributed by atoms with van der Waals surface area (Å²) >= 11 is 6.04. The lowest BCUT2D eigenvalue weighted by Gasteiger charge is -2.23. The normalized spacial score (nSPS) is 14.3. The predicted molar refractivity (Wildman–Crippen MR) is 79.8 cm³/mol. The summed E-state index contributed by atoms with van der Waals surface area (Å²) in [6, 6.07) is 7.82. The van der Waals surface area contributed by atoms with E-state index in [4.69, 9.17) is 21.1 Å². The Morgan fingerprint density at radius 2 is 2.11 bits per heavy atom. The number of hydrogen-bond acceptors (Lipinski definition) is 3. The zero-order valence-electron chi connectivity index (χ0n) is 12.0. The maximum atomic E-state index is 6.05. The minimum atomic E-state index is -0.00546. The van der Waals surface area contributed by atoms with Crippen molar-refractivity contribution < 1.29 is 9.47 Å². The molecule has 0 radical (unpaired) electrons. The molecule has 3 nitrogen and oxygen atoms in total. The van der Waals surface area contributed by atoms with Crippen LogP contribution in [0.15, 0.2) is 24.3 Å². The second-order valence-electron chi connectivity index (χ2n) is 4.46. The largest absolute Gasteiger partial charge is 0.379 e. The number of benzene rings is 1. The third-order valence-corrected chi connectivity index (χ3v) is 2.99. The fraction of sp³-hybridized carbons (Fsp3) is 0.600. The Kier molecular flexibility index (Phi) is 8.07. The molecule has 1 N–H and O–H groups in total. The lowest BCUT2D eigenvalue weighted by molar-refractivity contribution is -0.0468. The van der Waals surface area contributed by atoms with E-state index in [0.29, 0.717) is 13.2 Å². The van der Waals surface area contributed by atoms with Gasteiger partial charge in [0.05, 0.1) is 18.8 Å². The average molecular weight is 286 g/mol. The van der Waals surface area contributed by atoms with E-state index in [2.05, 4.69) is 12.2 Å². The predicted octanol–water partition coefficient (Wildman–Crippen LogP) is 3.43.